The third-order valence-electron chi connectivity index (χ3n) is 5.58. The molecule has 1 N–H and O–H groups in total. The van der Waals surface area contributed by atoms with Crippen LogP contribution in [0.4, 0.5) is 0 Å². The molecular formula is C22H21BrN6O3S. The Morgan fingerprint density at radius 1 is 1.09 bits per heavy atom. The third-order valence-corrected chi connectivity index (χ3v) is 7.18. The summed E-state index contributed by atoms with van der Waals surface area (Å²) in [6.45, 7) is 0.813. The molecule has 1 saturated heterocycles. The first-order chi connectivity index (χ1) is 15.9. The van der Waals surface area contributed by atoms with E-state index in [1.165, 1.54) is 12.6 Å². The maximum absolute atomic E-state index is 11.7. The van der Waals surface area contributed by atoms with Crippen molar-refractivity contribution in [1.82, 2.24) is 30.0 Å². The molecule has 0 radical (unpaired) electrons. The molecule has 0 saturated carbocycles. The van der Waals surface area contributed by atoms with E-state index in [1.807, 2.05) is 12.1 Å². The van der Waals surface area contributed by atoms with Crippen LogP contribution in [0.2, 0.25) is 0 Å². The van der Waals surface area contributed by atoms with Crippen LogP contribution in [-0.4, -0.2) is 52.1 Å². The summed E-state index contributed by atoms with van der Waals surface area (Å²) >= 11 is 3.42. The predicted octanol–water partition coefficient (Wildman–Crippen LogP) is 3.25. The summed E-state index contributed by atoms with van der Waals surface area (Å²) in [4.78, 5) is 13.5. The fraction of sp³-hybridized carbons (Fsp3) is 0.273. The lowest BCUT2D eigenvalue weighted by Gasteiger charge is -2.30. The zero-order chi connectivity index (χ0) is 23.0. The Balaban J connectivity index is 1.38. The van der Waals surface area contributed by atoms with Crippen LogP contribution in [0.3, 0.4) is 0 Å². The highest BCUT2D eigenvalue weighted by molar-refractivity contribution is 9.10. The topological polar surface area (TPSA) is 112 Å². The normalized spacial score (nSPS) is 19.0. The summed E-state index contributed by atoms with van der Waals surface area (Å²) < 4.78 is 32.4. The average molecular weight is 529 g/mol. The van der Waals surface area contributed by atoms with Crippen LogP contribution in [0.25, 0.3) is 16.7 Å². The van der Waals surface area contributed by atoms with E-state index in [9.17, 15) is 8.42 Å². The van der Waals surface area contributed by atoms with Gasteiger partial charge in [0.05, 0.1) is 28.5 Å². The summed E-state index contributed by atoms with van der Waals surface area (Å²) in [5.41, 5.74) is 2.27. The van der Waals surface area contributed by atoms with Crippen molar-refractivity contribution >= 4 is 36.8 Å². The minimum absolute atomic E-state index is 0.0304. The number of sulfone groups is 1. The largest absolute Gasteiger partial charge is 0.474 e. The van der Waals surface area contributed by atoms with Crippen molar-refractivity contribution in [2.45, 2.75) is 29.9 Å². The van der Waals surface area contributed by atoms with Crippen molar-refractivity contribution in [2.75, 3.05) is 12.8 Å². The molecule has 3 aromatic heterocycles. The van der Waals surface area contributed by atoms with Crippen LogP contribution in [0.15, 0.2) is 64.5 Å². The maximum atomic E-state index is 11.7. The van der Waals surface area contributed by atoms with Crippen molar-refractivity contribution in [3.05, 3.63) is 65.3 Å². The number of pyridine rings is 1. The molecule has 33 heavy (non-hydrogen) atoms. The Kier molecular flexibility index (Phi) is 5.85. The summed E-state index contributed by atoms with van der Waals surface area (Å²) in [7, 11) is -3.27. The molecule has 0 spiro atoms. The van der Waals surface area contributed by atoms with E-state index < -0.39 is 9.84 Å². The van der Waals surface area contributed by atoms with Crippen molar-refractivity contribution in [1.29, 1.82) is 0 Å². The number of hydrogen-bond acceptors (Lipinski definition) is 8. The van der Waals surface area contributed by atoms with Crippen LogP contribution >= 0.6 is 15.9 Å². The highest BCUT2D eigenvalue weighted by atomic mass is 79.9. The van der Waals surface area contributed by atoms with E-state index in [0.29, 0.717) is 22.6 Å². The van der Waals surface area contributed by atoms with Gasteiger partial charge in [0, 0.05) is 23.3 Å². The van der Waals surface area contributed by atoms with E-state index in [1.54, 1.807) is 41.3 Å². The van der Waals surface area contributed by atoms with Gasteiger partial charge < -0.3 is 10.1 Å². The molecule has 5 rings (SSSR count). The van der Waals surface area contributed by atoms with Crippen molar-refractivity contribution in [3.8, 4) is 11.6 Å². The number of hydrogen-bond donors (Lipinski definition) is 1. The van der Waals surface area contributed by atoms with Crippen LogP contribution in [-0.2, 0) is 9.84 Å². The number of fused-ring (bicyclic) bond motifs is 1. The first-order valence-electron chi connectivity index (χ1n) is 10.4. The Bertz CT molecular complexity index is 1390. The quantitative estimate of drug-likeness (QED) is 0.420. The molecule has 1 aliphatic rings. The molecule has 0 bridgehead atoms. The van der Waals surface area contributed by atoms with Gasteiger partial charge in [-0.15, -0.1) is 0 Å². The smallest absolute Gasteiger partial charge is 0.228 e. The molecule has 9 nitrogen and oxygen atoms in total. The van der Waals surface area contributed by atoms with Gasteiger partial charge in [-0.25, -0.2) is 23.1 Å². The number of nitrogens with one attached hydrogen (secondary N) is 1. The summed E-state index contributed by atoms with van der Waals surface area (Å²) in [5.74, 6) is 0.480. The Morgan fingerprint density at radius 2 is 1.91 bits per heavy atom. The number of ether oxygens (including phenoxy) is 1. The second kappa shape index (κ2) is 8.81. The molecule has 2 unspecified atom stereocenters. The minimum atomic E-state index is -3.27. The van der Waals surface area contributed by atoms with Gasteiger partial charge >= 0.3 is 0 Å². The van der Waals surface area contributed by atoms with Gasteiger partial charge in [0.1, 0.15) is 17.8 Å². The van der Waals surface area contributed by atoms with Crippen molar-refractivity contribution in [2.24, 2.45) is 0 Å². The monoisotopic (exact) mass is 528 g/mol. The Labute approximate surface area is 199 Å². The zero-order valence-electron chi connectivity index (χ0n) is 17.7. The predicted molar refractivity (Wildman–Crippen MR) is 126 cm³/mol. The molecule has 1 fully saturated rings. The van der Waals surface area contributed by atoms with E-state index in [-0.39, 0.29) is 17.0 Å². The number of piperidine rings is 1. The minimum Gasteiger partial charge on any atom is -0.474 e. The molecule has 1 aliphatic heterocycles. The zero-order valence-corrected chi connectivity index (χ0v) is 20.1. The first kappa shape index (κ1) is 21.9. The van der Waals surface area contributed by atoms with Gasteiger partial charge in [0.25, 0.3) is 0 Å². The fourth-order valence-electron chi connectivity index (χ4n) is 3.91. The third kappa shape index (κ3) is 4.61. The van der Waals surface area contributed by atoms with Gasteiger partial charge in [-0.2, -0.15) is 5.10 Å². The lowest BCUT2D eigenvalue weighted by molar-refractivity contribution is 0.135. The van der Waals surface area contributed by atoms with Crippen LogP contribution in [0.1, 0.15) is 24.6 Å². The van der Waals surface area contributed by atoms with Gasteiger partial charge in [-0.3, -0.25) is 4.98 Å². The van der Waals surface area contributed by atoms with Crippen molar-refractivity contribution in [3.63, 3.8) is 0 Å². The number of rotatable bonds is 5. The van der Waals surface area contributed by atoms with Crippen LogP contribution < -0.4 is 10.1 Å². The molecule has 4 aromatic rings. The summed E-state index contributed by atoms with van der Waals surface area (Å²) in [6.07, 6.45) is 7.68. The summed E-state index contributed by atoms with van der Waals surface area (Å²) in [6, 6.07) is 10.6. The molecule has 2 atom stereocenters. The highest BCUT2D eigenvalue weighted by Gasteiger charge is 2.26. The van der Waals surface area contributed by atoms with Gasteiger partial charge in [0.2, 0.25) is 5.88 Å². The second-order valence-corrected chi connectivity index (χ2v) is 10.8. The number of nitrogens with zero attached hydrogens (tertiary/aromatic N) is 5. The summed E-state index contributed by atoms with van der Waals surface area (Å²) in [5, 5.41) is 8.63. The number of halogens is 1. The average Bonchev–Trinajstić information content (AvgIpc) is 3.25. The van der Waals surface area contributed by atoms with E-state index >= 15 is 0 Å². The highest BCUT2D eigenvalue weighted by Crippen LogP contribution is 2.29. The van der Waals surface area contributed by atoms with Crippen molar-refractivity contribution < 1.29 is 13.2 Å². The lowest BCUT2D eigenvalue weighted by Crippen LogP contribution is -2.37. The molecule has 170 valence electrons. The standard InChI is InChI=1S/C22H21BrN6O3S/c1-33(30,31)17-5-3-15(4-6-17)29-21-18(12-28-29)22(27-13-26-21)32-16-8-9-24-20(10-16)19-7-2-14(23)11-25-19/h2-7,11-13,16,20,24H,8-10H2,1H3. The molecule has 1 aromatic carbocycles. The van der Waals surface area contributed by atoms with E-state index in [4.69, 9.17) is 4.74 Å². The Hall–Kier alpha value is -2.89. The van der Waals surface area contributed by atoms with Gasteiger partial charge in [-0.1, -0.05) is 0 Å². The molecule has 11 heteroatoms. The number of aromatic nitrogens is 5. The Morgan fingerprint density at radius 3 is 2.64 bits per heavy atom. The molecule has 0 aliphatic carbocycles. The first-order valence-corrected chi connectivity index (χ1v) is 13.1. The van der Waals surface area contributed by atoms with Crippen LogP contribution in [0.5, 0.6) is 5.88 Å². The van der Waals surface area contributed by atoms with Gasteiger partial charge in [0.15, 0.2) is 15.5 Å². The van der Waals surface area contributed by atoms with E-state index in [0.717, 1.165) is 29.6 Å². The van der Waals surface area contributed by atoms with Crippen LogP contribution in [0, 0.1) is 0 Å². The van der Waals surface area contributed by atoms with Gasteiger partial charge in [-0.05, 0) is 65.3 Å². The lowest BCUT2D eigenvalue weighted by atomic mass is 9.99. The number of benzene rings is 1. The molecule has 0 amide bonds. The maximum Gasteiger partial charge on any atom is 0.228 e. The second-order valence-electron chi connectivity index (χ2n) is 7.91. The van der Waals surface area contributed by atoms with E-state index in [2.05, 4.69) is 41.3 Å². The SMILES string of the molecule is CS(=O)(=O)c1ccc(-n2ncc3c(OC4CCNC(c5ccc(Br)cn5)C4)ncnc32)cc1. The molecular weight excluding hydrogens is 508 g/mol. The fourth-order valence-corrected chi connectivity index (χ4v) is 4.77. The molecule has 4 heterocycles.